The first kappa shape index (κ1) is 19.7. The lowest BCUT2D eigenvalue weighted by atomic mass is 9.94. The number of rotatable bonds is 3. The van der Waals surface area contributed by atoms with Crippen molar-refractivity contribution >= 4 is 0 Å². The molecular formula is C16H16F6N2. The maximum atomic E-state index is 13.3. The maximum Gasteiger partial charge on any atom is 0.417 e. The molecule has 0 aliphatic heterocycles. The molecule has 4 N–H and O–H groups in total. The molecule has 132 valence electrons. The lowest BCUT2D eigenvalue weighted by Crippen LogP contribution is -2.17. The quantitative estimate of drug-likeness (QED) is 0.579. The van der Waals surface area contributed by atoms with E-state index in [4.69, 9.17) is 11.5 Å². The summed E-state index contributed by atoms with van der Waals surface area (Å²) in [4.78, 5) is 0. The van der Waals surface area contributed by atoms with Crippen molar-refractivity contribution in [2.24, 2.45) is 11.5 Å². The van der Waals surface area contributed by atoms with Gasteiger partial charge in [0.05, 0.1) is 5.57 Å². The number of allylic oxidation sites excluding steroid dienone is 9. The molecule has 0 aromatic heterocycles. The van der Waals surface area contributed by atoms with Gasteiger partial charge in [0.2, 0.25) is 0 Å². The van der Waals surface area contributed by atoms with Gasteiger partial charge in [-0.05, 0) is 30.2 Å². The average molecular weight is 350 g/mol. The number of hydrogen-bond acceptors (Lipinski definition) is 2. The Bertz CT molecular complexity index is 670. The van der Waals surface area contributed by atoms with E-state index in [2.05, 4.69) is 6.58 Å². The minimum absolute atomic E-state index is 0.00522. The molecule has 0 bridgehead atoms. The van der Waals surface area contributed by atoms with Crippen LogP contribution >= 0.6 is 0 Å². The third-order valence-corrected chi connectivity index (χ3v) is 3.15. The molecule has 8 heteroatoms. The summed E-state index contributed by atoms with van der Waals surface area (Å²) in [6, 6.07) is 0. The zero-order valence-electron chi connectivity index (χ0n) is 12.7. The first-order valence-corrected chi connectivity index (χ1v) is 6.69. The van der Waals surface area contributed by atoms with E-state index in [1.165, 1.54) is 6.08 Å². The standard InChI is InChI=1S/C16H16F6N2/c1-9(23)6-7-12(10(2)15(17,18)19)13-5-3-4-11(24)8-14(13)16(20,21)22/h3,5-8H,1,4,23-24H2,2H3/b7-6-,12-10-. The summed E-state index contributed by atoms with van der Waals surface area (Å²) < 4.78 is 79.1. The van der Waals surface area contributed by atoms with Gasteiger partial charge in [-0.2, -0.15) is 26.3 Å². The van der Waals surface area contributed by atoms with E-state index in [1.54, 1.807) is 0 Å². The van der Waals surface area contributed by atoms with Gasteiger partial charge in [0, 0.05) is 23.4 Å². The molecule has 0 amide bonds. The highest BCUT2D eigenvalue weighted by Gasteiger charge is 2.38. The Balaban J connectivity index is 3.80. The van der Waals surface area contributed by atoms with Crippen LogP contribution < -0.4 is 11.5 Å². The van der Waals surface area contributed by atoms with E-state index < -0.39 is 34.6 Å². The summed E-state index contributed by atoms with van der Waals surface area (Å²) >= 11 is 0. The van der Waals surface area contributed by atoms with Crippen LogP contribution in [0.15, 0.2) is 70.6 Å². The summed E-state index contributed by atoms with van der Waals surface area (Å²) in [6.45, 7) is 3.99. The molecule has 1 rings (SSSR count). The van der Waals surface area contributed by atoms with Gasteiger partial charge in [-0.1, -0.05) is 24.8 Å². The average Bonchev–Trinajstić information content (AvgIpc) is 2.59. The van der Waals surface area contributed by atoms with Crippen molar-refractivity contribution in [3.05, 3.63) is 70.6 Å². The first-order valence-electron chi connectivity index (χ1n) is 6.69. The van der Waals surface area contributed by atoms with E-state index in [-0.39, 0.29) is 17.8 Å². The largest absolute Gasteiger partial charge is 0.417 e. The zero-order valence-corrected chi connectivity index (χ0v) is 12.7. The summed E-state index contributed by atoms with van der Waals surface area (Å²) in [5.41, 5.74) is 6.82. The molecule has 2 nitrogen and oxygen atoms in total. The fraction of sp³-hybridized carbons (Fsp3) is 0.250. The fourth-order valence-electron chi connectivity index (χ4n) is 1.95. The van der Waals surface area contributed by atoms with Crippen LogP contribution in [0.2, 0.25) is 0 Å². The Morgan fingerprint density at radius 1 is 1.17 bits per heavy atom. The highest BCUT2D eigenvalue weighted by atomic mass is 19.4. The Morgan fingerprint density at radius 2 is 1.75 bits per heavy atom. The third-order valence-electron chi connectivity index (χ3n) is 3.15. The van der Waals surface area contributed by atoms with Crippen molar-refractivity contribution in [2.75, 3.05) is 0 Å². The molecule has 0 spiro atoms. The van der Waals surface area contributed by atoms with Crippen LogP contribution in [0, 0.1) is 0 Å². The van der Waals surface area contributed by atoms with Crippen LogP contribution in [0.1, 0.15) is 13.3 Å². The molecule has 0 aromatic rings. The summed E-state index contributed by atoms with van der Waals surface area (Å²) in [5, 5.41) is 0. The lowest BCUT2D eigenvalue weighted by Gasteiger charge is -2.17. The normalized spacial score (nSPS) is 17.7. The number of hydrogen-bond donors (Lipinski definition) is 2. The van der Waals surface area contributed by atoms with E-state index in [0.717, 1.165) is 18.2 Å². The van der Waals surface area contributed by atoms with Crippen molar-refractivity contribution in [2.45, 2.75) is 25.7 Å². The van der Waals surface area contributed by atoms with E-state index in [0.29, 0.717) is 13.0 Å². The Kier molecular flexibility index (Phi) is 5.75. The monoisotopic (exact) mass is 350 g/mol. The second-order valence-corrected chi connectivity index (χ2v) is 5.10. The van der Waals surface area contributed by atoms with Crippen LogP contribution in [0.4, 0.5) is 26.3 Å². The maximum absolute atomic E-state index is 13.3. The molecule has 24 heavy (non-hydrogen) atoms. The SMILES string of the molecule is C=C(N)/C=C\C(C1=C(C(F)(F)F)C=C(N)CC=C1)=C(/C)C(F)(F)F. The van der Waals surface area contributed by atoms with Crippen molar-refractivity contribution in [1.82, 2.24) is 0 Å². The van der Waals surface area contributed by atoms with Gasteiger partial charge >= 0.3 is 12.4 Å². The molecule has 0 unspecified atom stereocenters. The smallest absolute Gasteiger partial charge is 0.402 e. The number of nitrogens with two attached hydrogens (primary N) is 2. The minimum atomic E-state index is -4.88. The van der Waals surface area contributed by atoms with Gasteiger partial charge < -0.3 is 11.5 Å². The van der Waals surface area contributed by atoms with Gasteiger partial charge in [-0.25, -0.2) is 0 Å². The van der Waals surface area contributed by atoms with Crippen molar-refractivity contribution < 1.29 is 26.3 Å². The molecule has 0 heterocycles. The predicted octanol–water partition coefficient (Wildman–Crippen LogP) is 4.56. The summed E-state index contributed by atoms with van der Waals surface area (Å²) in [6.07, 6.45) is -4.92. The van der Waals surface area contributed by atoms with Crippen molar-refractivity contribution in [1.29, 1.82) is 0 Å². The van der Waals surface area contributed by atoms with Crippen LogP contribution in [-0.2, 0) is 0 Å². The Hall–Kier alpha value is -2.38. The topological polar surface area (TPSA) is 52.0 Å². The molecule has 1 aliphatic rings. The Labute approximate surface area is 135 Å². The van der Waals surface area contributed by atoms with Gasteiger partial charge in [-0.15, -0.1) is 0 Å². The molecule has 0 saturated carbocycles. The predicted molar refractivity (Wildman–Crippen MR) is 80.3 cm³/mol. The van der Waals surface area contributed by atoms with Crippen LogP contribution in [0.25, 0.3) is 0 Å². The van der Waals surface area contributed by atoms with Crippen LogP contribution in [-0.4, -0.2) is 12.4 Å². The molecule has 0 aromatic carbocycles. The second kappa shape index (κ2) is 7.02. The molecule has 0 radical (unpaired) electrons. The van der Waals surface area contributed by atoms with E-state index in [1.807, 2.05) is 0 Å². The van der Waals surface area contributed by atoms with Crippen LogP contribution in [0.3, 0.4) is 0 Å². The molecule has 0 fully saturated rings. The van der Waals surface area contributed by atoms with Gasteiger partial charge in [0.15, 0.2) is 0 Å². The minimum Gasteiger partial charge on any atom is -0.402 e. The highest BCUT2D eigenvalue weighted by Crippen LogP contribution is 2.39. The van der Waals surface area contributed by atoms with Gasteiger partial charge in [-0.3, -0.25) is 0 Å². The molecule has 0 atom stereocenters. The van der Waals surface area contributed by atoms with E-state index >= 15 is 0 Å². The number of alkyl halides is 6. The van der Waals surface area contributed by atoms with Crippen molar-refractivity contribution in [3.8, 4) is 0 Å². The number of halogens is 6. The zero-order chi connectivity index (χ0) is 18.7. The second-order valence-electron chi connectivity index (χ2n) is 5.10. The summed E-state index contributed by atoms with van der Waals surface area (Å²) in [5.74, 6) is 0. The summed E-state index contributed by atoms with van der Waals surface area (Å²) in [7, 11) is 0. The van der Waals surface area contributed by atoms with Crippen molar-refractivity contribution in [3.63, 3.8) is 0 Å². The molecule has 1 aliphatic carbocycles. The Morgan fingerprint density at radius 3 is 2.21 bits per heavy atom. The molecular weight excluding hydrogens is 334 g/mol. The van der Waals surface area contributed by atoms with Crippen LogP contribution in [0.5, 0.6) is 0 Å². The van der Waals surface area contributed by atoms with Gasteiger partial charge in [0.25, 0.3) is 0 Å². The lowest BCUT2D eigenvalue weighted by molar-refractivity contribution is -0.0931. The van der Waals surface area contributed by atoms with E-state index in [9.17, 15) is 26.3 Å². The molecule has 0 saturated heterocycles. The third kappa shape index (κ3) is 5.07. The first-order chi connectivity index (χ1) is 10.8. The highest BCUT2D eigenvalue weighted by molar-refractivity contribution is 5.57. The fourth-order valence-corrected chi connectivity index (χ4v) is 1.95. The van der Waals surface area contributed by atoms with Gasteiger partial charge in [0.1, 0.15) is 0 Å².